The van der Waals surface area contributed by atoms with E-state index in [1.165, 1.54) is 0 Å². The molecule has 0 unspecified atom stereocenters. The van der Waals surface area contributed by atoms with Crippen LogP contribution in [0.15, 0.2) is 30.7 Å². The molecule has 1 aliphatic heterocycles. The van der Waals surface area contributed by atoms with Crippen LogP contribution in [0.3, 0.4) is 0 Å². The van der Waals surface area contributed by atoms with E-state index in [9.17, 15) is 0 Å². The number of aromatic nitrogens is 2. The van der Waals surface area contributed by atoms with E-state index in [0.29, 0.717) is 16.8 Å². The molecule has 3 heterocycles. The highest BCUT2D eigenvalue weighted by Gasteiger charge is 2.13. The zero-order valence-corrected chi connectivity index (χ0v) is 13.0. The number of nitrogens with one attached hydrogen (secondary N) is 1. The van der Waals surface area contributed by atoms with Gasteiger partial charge in [-0.05, 0) is 30.9 Å². The Morgan fingerprint density at radius 2 is 2.05 bits per heavy atom. The second-order valence-corrected chi connectivity index (χ2v) is 5.90. The van der Waals surface area contributed by atoms with E-state index < -0.39 is 0 Å². The molecule has 2 aromatic heterocycles. The quantitative estimate of drug-likeness (QED) is 0.905. The lowest BCUT2D eigenvalue weighted by Gasteiger charge is -2.22. The first kappa shape index (κ1) is 15.1. The maximum atomic E-state index is 6.20. The summed E-state index contributed by atoms with van der Waals surface area (Å²) in [5.41, 5.74) is 8.49. The average molecular weight is 319 g/mol. The van der Waals surface area contributed by atoms with Gasteiger partial charge in [-0.15, -0.1) is 0 Å². The van der Waals surface area contributed by atoms with E-state index >= 15 is 0 Å². The molecular weight excluding hydrogens is 300 g/mol. The Labute approximate surface area is 134 Å². The summed E-state index contributed by atoms with van der Waals surface area (Å²) in [5, 5.41) is 4.02. The zero-order valence-electron chi connectivity index (χ0n) is 12.3. The Bertz CT molecular complexity index is 644. The molecular formula is C16H19ClN4O. The van der Waals surface area contributed by atoms with Gasteiger partial charge in [0.25, 0.3) is 0 Å². The van der Waals surface area contributed by atoms with E-state index in [0.717, 1.165) is 49.4 Å². The first-order valence-corrected chi connectivity index (χ1v) is 7.78. The largest absolute Gasteiger partial charge is 0.384 e. The Morgan fingerprint density at radius 3 is 2.86 bits per heavy atom. The molecule has 0 bridgehead atoms. The SMILES string of the molecule is Nc1cc(-c2cncc(NCC3CCOCC3)c2)c(Cl)cn1. The molecule has 2 aromatic rings. The van der Waals surface area contributed by atoms with E-state index in [1.807, 2.05) is 12.3 Å². The van der Waals surface area contributed by atoms with Crippen LogP contribution in [-0.4, -0.2) is 29.7 Å². The van der Waals surface area contributed by atoms with E-state index in [-0.39, 0.29) is 0 Å². The lowest BCUT2D eigenvalue weighted by atomic mass is 10.0. The van der Waals surface area contributed by atoms with Crippen LogP contribution < -0.4 is 11.1 Å². The van der Waals surface area contributed by atoms with Crippen LogP contribution >= 0.6 is 11.6 Å². The van der Waals surface area contributed by atoms with Crippen molar-refractivity contribution >= 4 is 23.1 Å². The number of hydrogen-bond acceptors (Lipinski definition) is 5. The Kier molecular flexibility index (Phi) is 4.75. The van der Waals surface area contributed by atoms with Gasteiger partial charge in [-0.3, -0.25) is 4.98 Å². The third-order valence-corrected chi connectivity index (χ3v) is 4.16. The monoisotopic (exact) mass is 318 g/mol. The normalized spacial score (nSPS) is 15.7. The van der Waals surface area contributed by atoms with Crippen molar-refractivity contribution in [2.45, 2.75) is 12.8 Å². The van der Waals surface area contributed by atoms with Gasteiger partial charge in [0.05, 0.1) is 10.7 Å². The van der Waals surface area contributed by atoms with Gasteiger partial charge in [-0.25, -0.2) is 4.98 Å². The Balaban J connectivity index is 1.73. The standard InChI is InChI=1S/C16H19ClN4O/c17-15-10-21-16(18)6-14(15)12-5-13(9-19-8-12)20-7-11-1-3-22-4-2-11/h5-6,8-11,20H,1-4,7H2,(H2,18,21). The first-order chi connectivity index (χ1) is 10.7. The van der Waals surface area contributed by atoms with Crippen LogP contribution in [-0.2, 0) is 4.74 Å². The summed E-state index contributed by atoms with van der Waals surface area (Å²) in [4.78, 5) is 8.27. The third kappa shape index (κ3) is 3.67. The minimum atomic E-state index is 0.444. The number of rotatable bonds is 4. The van der Waals surface area contributed by atoms with E-state index in [1.54, 1.807) is 18.5 Å². The molecule has 1 aliphatic rings. The summed E-state index contributed by atoms with van der Waals surface area (Å²) in [6.45, 7) is 2.65. The summed E-state index contributed by atoms with van der Waals surface area (Å²) < 4.78 is 5.38. The first-order valence-electron chi connectivity index (χ1n) is 7.40. The molecule has 6 heteroatoms. The molecule has 3 rings (SSSR count). The molecule has 0 amide bonds. The van der Waals surface area contributed by atoms with Gasteiger partial charge in [0.2, 0.25) is 0 Å². The Morgan fingerprint density at radius 1 is 1.23 bits per heavy atom. The summed E-state index contributed by atoms with van der Waals surface area (Å²) in [6, 6.07) is 3.80. The van der Waals surface area contributed by atoms with Gasteiger partial charge in [0, 0.05) is 49.5 Å². The molecule has 0 atom stereocenters. The van der Waals surface area contributed by atoms with Gasteiger partial charge in [0.15, 0.2) is 0 Å². The van der Waals surface area contributed by atoms with Gasteiger partial charge in [0.1, 0.15) is 5.82 Å². The summed E-state index contributed by atoms with van der Waals surface area (Å²) >= 11 is 6.20. The number of pyridine rings is 2. The molecule has 1 fully saturated rings. The fourth-order valence-corrected chi connectivity index (χ4v) is 2.79. The van der Waals surface area contributed by atoms with Crippen molar-refractivity contribution < 1.29 is 4.74 Å². The van der Waals surface area contributed by atoms with Crippen LogP contribution in [0.1, 0.15) is 12.8 Å². The van der Waals surface area contributed by atoms with Gasteiger partial charge in [-0.2, -0.15) is 0 Å². The number of hydrogen-bond donors (Lipinski definition) is 2. The van der Waals surface area contributed by atoms with Crippen molar-refractivity contribution in [2.75, 3.05) is 30.8 Å². The smallest absolute Gasteiger partial charge is 0.124 e. The van der Waals surface area contributed by atoms with Crippen molar-refractivity contribution in [3.63, 3.8) is 0 Å². The predicted octanol–water partition coefficient (Wildman–Crippen LogP) is 3.22. The second-order valence-electron chi connectivity index (χ2n) is 5.49. The third-order valence-electron chi connectivity index (χ3n) is 3.86. The lowest BCUT2D eigenvalue weighted by Crippen LogP contribution is -2.22. The predicted molar refractivity (Wildman–Crippen MR) is 88.9 cm³/mol. The van der Waals surface area contributed by atoms with Crippen LogP contribution in [0.4, 0.5) is 11.5 Å². The van der Waals surface area contributed by atoms with Crippen LogP contribution in [0.2, 0.25) is 5.02 Å². The number of nitrogens with zero attached hydrogens (tertiary/aromatic N) is 2. The molecule has 0 spiro atoms. The number of anilines is 2. The molecule has 22 heavy (non-hydrogen) atoms. The molecule has 0 radical (unpaired) electrons. The second kappa shape index (κ2) is 6.94. The average Bonchev–Trinajstić information content (AvgIpc) is 2.56. The summed E-state index contributed by atoms with van der Waals surface area (Å²) in [5.74, 6) is 1.09. The fraction of sp³-hybridized carbons (Fsp3) is 0.375. The van der Waals surface area contributed by atoms with Gasteiger partial charge in [-0.1, -0.05) is 11.6 Å². The van der Waals surface area contributed by atoms with Crippen LogP contribution in [0, 0.1) is 5.92 Å². The molecule has 0 aliphatic carbocycles. The highest BCUT2D eigenvalue weighted by Crippen LogP contribution is 2.29. The number of nitrogen functional groups attached to an aromatic ring is 1. The topological polar surface area (TPSA) is 73.1 Å². The van der Waals surface area contributed by atoms with Crippen molar-refractivity contribution in [3.8, 4) is 11.1 Å². The molecule has 116 valence electrons. The van der Waals surface area contributed by atoms with Crippen molar-refractivity contribution in [1.82, 2.24) is 9.97 Å². The molecule has 0 saturated carbocycles. The van der Waals surface area contributed by atoms with Crippen molar-refractivity contribution in [3.05, 3.63) is 35.7 Å². The van der Waals surface area contributed by atoms with Crippen molar-refractivity contribution in [2.24, 2.45) is 5.92 Å². The van der Waals surface area contributed by atoms with Gasteiger partial charge >= 0.3 is 0 Å². The zero-order chi connectivity index (χ0) is 15.4. The molecule has 0 aromatic carbocycles. The van der Waals surface area contributed by atoms with Crippen molar-refractivity contribution in [1.29, 1.82) is 0 Å². The fourth-order valence-electron chi connectivity index (χ4n) is 2.57. The summed E-state index contributed by atoms with van der Waals surface area (Å²) in [7, 11) is 0. The highest BCUT2D eigenvalue weighted by atomic mass is 35.5. The highest BCUT2D eigenvalue weighted by molar-refractivity contribution is 6.33. The molecule has 3 N–H and O–H groups in total. The number of nitrogens with two attached hydrogens (primary N) is 1. The van der Waals surface area contributed by atoms with Crippen LogP contribution in [0.25, 0.3) is 11.1 Å². The van der Waals surface area contributed by atoms with Gasteiger partial charge < -0.3 is 15.8 Å². The van der Waals surface area contributed by atoms with E-state index in [2.05, 4.69) is 15.3 Å². The number of ether oxygens (including phenoxy) is 1. The maximum absolute atomic E-state index is 6.20. The molecule has 1 saturated heterocycles. The van der Waals surface area contributed by atoms with Crippen LogP contribution in [0.5, 0.6) is 0 Å². The minimum Gasteiger partial charge on any atom is -0.384 e. The number of halogens is 1. The maximum Gasteiger partial charge on any atom is 0.124 e. The summed E-state index contributed by atoms with van der Waals surface area (Å²) in [6.07, 6.45) is 7.37. The molecule has 5 nitrogen and oxygen atoms in total. The van der Waals surface area contributed by atoms with E-state index in [4.69, 9.17) is 22.1 Å². The Hall–Kier alpha value is -1.85. The minimum absolute atomic E-state index is 0.444. The lowest BCUT2D eigenvalue weighted by molar-refractivity contribution is 0.0699.